The Bertz CT molecular complexity index is 855. The van der Waals surface area contributed by atoms with Gasteiger partial charge in [-0.3, -0.25) is 13.8 Å². The molecule has 0 aliphatic heterocycles. The van der Waals surface area contributed by atoms with Crippen LogP contribution in [0.15, 0.2) is 36.5 Å². The predicted molar refractivity (Wildman–Crippen MR) is 194 cm³/mol. The first-order chi connectivity index (χ1) is 22.0. The number of hydrogen-bond donors (Lipinski definition) is 3. The molecule has 0 spiro atoms. The first-order valence-corrected chi connectivity index (χ1v) is 19.9. The second-order valence-corrected chi connectivity index (χ2v) is 15.0. The van der Waals surface area contributed by atoms with Crippen LogP contribution in [0.2, 0.25) is 0 Å². The number of likely N-dealkylation sites (N-methyl/N-ethyl adjacent to an activating group) is 1. The lowest BCUT2D eigenvalue weighted by atomic mass is 10.1. The third-order valence-corrected chi connectivity index (χ3v) is 8.80. The quantitative estimate of drug-likeness (QED) is 0.0285. The zero-order chi connectivity index (χ0) is 34.4. The van der Waals surface area contributed by atoms with Crippen LogP contribution in [0.4, 0.5) is 0 Å². The number of nitrogens with zero attached hydrogens (tertiary/aromatic N) is 1. The molecule has 0 radical (unpaired) electrons. The van der Waals surface area contributed by atoms with Gasteiger partial charge >= 0.3 is 7.82 Å². The zero-order valence-corrected chi connectivity index (χ0v) is 31.2. The van der Waals surface area contributed by atoms with E-state index in [0.717, 1.165) is 44.9 Å². The summed E-state index contributed by atoms with van der Waals surface area (Å²) in [6.45, 7) is 4.65. The highest BCUT2D eigenvalue weighted by atomic mass is 31.2. The van der Waals surface area contributed by atoms with Gasteiger partial charge in [0.1, 0.15) is 13.2 Å². The Hall–Kier alpha value is -1.28. The van der Waals surface area contributed by atoms with Crippen molar-refractivity contribution in [1.29, 1.82) is 0 Å². The van der Waals surface area contributed by atoms with E-state index < -0.39 is 20.0 Å². The van der Waals surface area contributed by atoms with Gasteiger partial charge < -0.3 is 19.8 Å². The van der Waals surface area contributed by atoms with Gasteiger partial charge in [0.2, 0.25) is 5.91 Å². The number of unbranched alkanes of at least 4 members (excludes halogenated alkanes) is 15. The topological polar surface area (TPSA) is 105 Å². The molecule has 0 aromatic carbocycles. The average molecular weight is 672 g/mol. The minimum Gasteiger partial charge on any atom is -0.387 e. The van der Waals surface area contributed by atoms with E-state index >= 15 is 0 Å². The molecule has 9 heteroatoms. The van der Waals surface area contributed by atoms with E-state index in [1.807, 2.05) is 27.2 Å². The maximum absolute atomic E-state index is 12.7. The molecule has 3 N–H and O–H groups in total. The summed E-state index contributed by atoms with van der Waals surface area (Å²) in [4.78, 5) is 22.9. The number of amides is 1. The van der Waals surface area contributed by atoms with E-state index in [2.05, 4.69) is 43.5 Å². The Labute approximate surface area is 283 Å². The van der Waals surface area contributed by atoms with E-state index in [4.69, 9.17) is 9.05 Å². The number of aliphatic hydroxyl groups is 1. The van der Waals surface area contributed by atoms with E-state index in [-0.39, 0.29) is 19.1 Å². The highest BCUT2D eigenvalue weighted by Gasteiger charge is 2.27. The third kappa shape index (κ3) is 31.3. The van der Waals surface area contributed by atoms with Crippen LogP contribution in [0.1, 0.15) is 142 Å². The van der Waals surface area contributed by atoms with Gasteiger partial charge in [-0.2, -0.15) is 0 Å². The molecule has 0 heterocycles. The Morgan fingerprint density at radius 3 is 1.83 bits per heavy atom. The van der Waals surface area contributed by atoms with Crippen molar-refractivity contribution in [2.24, 2.45) is 0 Å². The van der Waals surface area contributed by atoms with E-state index in [0.29, 0.717) is 17.4 Å². The molecule has 0 rings (SSSR count). The minimum atomic E-state index is -4.33. The molecule has 46 heavy (non-hydrogen) atoms. The monoisotopic (exact) mass is 672 g/mol. The summed E-state index contributed by atoms with van der Waals surface area (Å²) in [7, 11) is 1.54. The van der Waals surface area contributed by atoms with Gasteiger partial charge in [-0.15, -0.1) is 0 Å². The normalized spacial score (nSPS) is 15.2. The molecule has 0 fully saturated rings. The van der Waals surface area contributed by atoms with Crippen molar-refractivity contribution in [3.8, 4) is 0 Å². The number of rotatable bonds is 32. The lowest BCUT2D eigenvalue weighted by molar-refractivity contribution is -0.870. The number of hydrogen-bond acceptors (Lipinski definition) is 5. The molecule has 0 bridgehead atoms. The second kappa shape index (κ2) is 29.8. The minimum absolute atomic E-state index is 0.0542. The van der Waals surface area contributed by atoms with Crippen molar-refractivity contribution in [3.63, 3.8) is 0 Å². The Morgan fingerprint density at radius 2 is 1.24 bits per heavy atom. The molecule has 0 aromatic rings. The third-order valence-electron chi connectivity index (χ3n) is 7.81. The number of phosphoric ester groups is 1. The van der Waals surface area contributed by atoms with Gasteiger partial charge in [0.25, 0.3) is 0 Å². The first-order valence-electron chi connectivity index (χ1n) is 18.4. The number of allylic oxidation sites excluding steroid dienone is 5. The van der Waals surface area contributed by atoms with Crippen LogP contribution in [0.3, 0.4) is 0 Å². The van der Waals surface area contributed by atoms with Crippen LogP contribution >= 0.6 is 7.82 Å². The summed E-state index contributed by atoms with van der Waals surface area (Å²) in [5, 5.41) is 13.6. The van der Waals surface area contributed by atoms with Crippen molar-refractivity contribution in [2.75, 3.05) is 40.9 Å². The van der Waals surface area contributed by atoms with Crippen LogP contribution in [0.5, 0.6) is 0 Å². The van der Waals surface area contributed by atoms with Crippen LogP contribution in [-0.4, -0.2) is 73.4 Å². The fourth-order valence-electron chi connectivity index (χ4n) is 4.82. The van der Waals surface area contributed by atoms with E-state index in [9.17, 15) is 19.4 Å². The van der Waals surface area contributed by atoms with E-state index in [1.54, 1.807) is 6.08 Å². The standard InChI is InChI=1S/C37H71N2O6P/c1-6-8-10-12-14-15-16-17-18-19-20-21-22-23-25-27-29-31-37(41)38-35(36(40)30-28-26-24-13-11-9-7-2)34-45-46(42,43)44-33-32-39(3,4)5/h11,13,17-18,28,30,35-36,40H,6-10,12,14-16,19-27,29,31-34H2,1-5H3,(H-,38,41,42,43)/p+1/b13-11+,18-17-,30-28+. The smallest absolute Gasteiger partial charge is 0.387 e. The summed E-state index contributed by atoms with van der Waals surface area (Å²) in [6, 6.07) is -0.860. The fourth-order valence-corrected chi connectivity index (χ4v) is 5.56. The Balaban J connectivity index is 4.40. The van der Waals surface area contributed by atoms with Crippen molar-refractivity contribution >= 4 is 13.7 Å². The number of phosphoric acid groups is 1. The molecule has 0 aromatic heterocycles. The van der Waals surface area contributed by atoms with Gasteiger partial charge in [-0.1, -0.05) is 121 Å². The molecule has 0 aliphatic rings. The molecule has 0 saturated carbocycles. The largest absolute Gasteiger partial charge is 0.472 e. The van der Waals surface area contributed by atoms with Crippen LogP contribution in [0, 0.1) is 0 Å². The summed E-state index contributed by atoms with van der Waals surface area (Å²) in [6.07, 6.45) is 33.8. The van der Waals surface area contributed by atoms with Gasteiger partial charge in [-0.05, 0) is 51.4 Å². The number of carbonyl (C=O) groups is 1. The van der Waals surface area contributed by atoms with Crippen molar-refractivity contribution < 1.29 is 32.9 Å². The summed E-state index contributed by atoms with van der Waals surface area (Å²) in [5.41, 5.74) is 0. The summed E-state index contributed by atoms with van der Waals surface area (Å²) in [5.74, 6) is -0.199. The van der Waals surface area contributed by atoms with Crippen molar-refractivity contribution in [2.45, 2.75) is 154 Å². The van der Waals surface area contributed by atoms with Crippen LogP contribution in [-0.2, 0) is 18.4 Å². The van der Waals surface area contributed by atoms with Gasteiger partial charge in [-0.25, -0.2) is 4.57 Å². The SMILES string of the molecule is CCC/C=C/CC/C=C/C(O)C(COP(=O)(O)OCC[N+](C)(C)C)NC(=O)CCCCCCCCC/C=C\CCCCCCCC. The maximum Gasteiger partial charge on any atom is 0.472 e. The molecule has 3 atom stereocenters. The van der Waals surface area contributed by atoms with Gasteiger partial charge in [0, 0.05) is 6.42 Å². The first kappa shape index (κ1) is 44.7. The molecule has 3 unspecified atom stereocenters. The highest BCUT2D eigenvalue weighted by molar-refractivity contribution is 7.47. The highest BCUT2D eigenvalue weighted by Crippen LogP contribution is 2.43. The molecular formula is C37H72N2O6P+. The summed E-state index contributed by atoms with van der Waals surface area (Å²) < 4.78 is 23.3. The molecule has 270 valence electrons. The number of quaternary nitrogens is 1. The molecule has 8 nitrogen and oxygen atoms in total. The molecular weight excluding hydrogens is 599 g/mol. The van der Waals surface area contributed by atoms with Gasteiger partial charge in [0.05, 0.1) is 39.9 Å². The van der Waals surface area contributed by atoms with E-state index in [1.165, 1.54) is 77.0 Å². The number of nitrogens with one attached hydrogen (secondary N) is 1. The lowest BCUT2D eigenvalue weighted by Crippen LogP contribution is -2.45. The zero-order valence-electron chi connectivity index (χ0n) is 30.3. The predicted octanol–water partition coefficient (Wildman–Crippen LogP) is 9.18. The second-order valence-electron chi connectivity index (χ2n) is 13.6. The number of aliphatic hydroxyl groups excluding tert-OH is 1. The van der Waals surface area contributed by atoms with Crippen molar-refractivity contribution in [1.82, 2.24) is 5.32 Å². The Morgan fingerprint density at radius 1 is 0.717 bits per heavy atom. The lowest BCUT2D eigenvalue weighted by Gasteiger charge is -2.25. The molecule has 0 aliphatic carbocycles. The maximum atomic E-state index is 12.7. The Kier molecular flexibility index (Phi) is 29.0. The average Bonchev–Trinajstić information content (AvgIpc) is 2.99. The number of carbonyl (C=O) groups excluding carboxylic acids is 1. The van der Waals surface area contributed by atoms with Gasteiger partial charge in [0.15, 0.2) is 0 Å². The summed E-state index contributed by atoms with van der Waals surface area (Å²) >= 11 is 0. The van der Waals surface area contributed by atoms with Crippen molar-refractivity contribution in [3.05, 3.63) is 36.5 Å². The molecule has 0 saturated heterocycles. The molecule has 1 amide bonds. The van der Waals surface area contributed by atoms with Crippen LogP contribution < -0.4 is 5.32 Å². The van der Waals surface area contributed by atoms with Crippen LogP contribution in [0.25, 0.3) is 0 Å². The fraction of sp³-hybridized carbons (Fsp3) is 0.811.